The van der Waals surface area contributed by atoms with E-state index < -0.39 is 11.8 Å². The van der Waals surface area contributed by atoms with Gasteiger partial charge in [-0.05, 0) is 92.0 Å². The van der Waals surface area contributed by atoms with Crippen molar-refractivity contribution in [3.8, 4) is 5.75 Å². The number of hydrogen-bond acceptors (Lipinski definition) is 2. The number of ether oxygens (including phenoxy) is 1. The van der Waals surface area contributed by atoms with E-state index in [1.54, 1.807) is 12.1 Å². The third-order valence-electron chi connectivity index (χ3n) is 6.76. The molecule has 0 bridgehead atoms. The molecule has 2 saturated carbocycles. The second-order valence-corrected chi connectivity index (χ2v) is 8.95. The Morgan fingerprint density at radius 3 is 2.50 bits per heavy atom. The van der Waals surface area contributed by atoms with Gasteiger partial charge in [0.2, 0.25) is 0 Å². The first-order valence-electron chi connectivity index (χ1n) is 10.5. The first-order chi connectivity index (χ1) is 14.4. The molecule has 0 heterocycles. The third-order valence-corrected chi connectivity index (χ3v) is 7.07. The fourth-order valence-electron chi connectivity index (χ4n) is 5.11. The first-order valence-corrected chi connectivity index (χ1v) is 10.9. The molecule has 2 aromatic rings. The van der Waals surface area contributed by atoms with Gasteiger partial charge >= 0.3 is 5.97 Å². The lowest BCUT2D eigenvalue weighted by Gasteiger charge is -2.41. The number of allylic oxidation sites excluding steroid dienone is 1. The molecule has 4 atom stereocenters. The van der Waals surface area contributed by atoms with Crippen LogP contribution in [0.15, 0.2) is 49.1 Å². The van der Waals surface area contributed by atoms with Crippen LogP contribution in [-0.2, 0) is 0 Å². The monoisotopic (exact) mass is 430 g/mol. The van der Waals surface area contributed by atoms with Gasteiger partial charge in [-0.1, -0.05) is 23.7 Å². The quantitative estimate of drug-likeness (QED) is 0.288. The Bertz CT molecular complexity index is 958. The summed E-state index contributed by atoms with van der Waals surface area (Å²) in [7, 11) is 0. The standard InChI is InChI=1S/C25H25ClF2O2/c1-2-15-3-4-17-12-18(6-5-16(17)11-15)21-9-7-19(13-23(21)27)25(29)30-20-8-10-22(26)24(28)14-20/h2,7-10,13-18H,1,3-6,11-12H2. The molecule has 4 rings (SSSR count). The molecule has 0 saturated heterocycles. The smallest absolute Gasteiger partial charge is 0.343 e. The lowest BCUT2D eigenvalue weighted by molar-refractivity contribution is 0.0733. The van der Waals surface area contributed by atoms with Gasteiger partial charge in [0.1, 0.15) is 17.4 Å². The Labute approximate surface area is 180 Å². The van der Waals surface area contributed by atoms with Crippen molar-refractivity contribution in [2.45, 2.75) is 44.4 Å². The van der Waals surface area contributed by atoms with Crippen LogP contribution >= 0.6 is 11.6 Å². The zero-order valence-electron chi connectivity index (χ0n) is 16.8. The fraction of sp³-hybridized carbons (Fsp3) is 0.400. The Morgan fingerprint density at radius 1 is 1.00 bits per heavy atom. The highest BCUT2D eigenvalue weighted by Gasteiger charge is 2.36. The molecule has 30 heavy (non-hydrogen) atoms. The van der Waals surface area contributed by atoms with Gasteiger partial charge in [-0.25, -0.2) is 13.6 Å². The molecule has 2 aromatic carbocycles. The predicted octanol–water partition coefficient (Wildman–Crippen LogP) is 7.32. The zero-order chi connectivity index (χ0) is 21.3. The van der Waals surface area contributed by atoms with Crippen LogP contribution in [0.3, 0.4) is 0 Å². The highest BCUT2D eigenvalue weighted by molar-refractivity contribution is 6.30. The molecular formula is C25H25ClF2O2. The third kappa shape index (κ3) is 4.44. The molecular weight excluding hydrogens is 406 g/mol. The van der Waals surface area contributed by atoms with E-state index in [-0.39, 0.29) is 28.1 Å². The minimum absolute atomic E-state index is 0.0276. The molecule has 2 nitrogen and oxygen atoms in total. The van der Waals surface area contributed by atoms with Crippen LogP contribution in [0.1, 0.15) is 60.4 Å². The van der Waals surface area contributed by atoms with Crippen molar-refractivity contribution in [2.75, 3.05) is 0 Å². The Balaban J connectivity index is 1.43. The number of carbonyl (C=O) groups is 1. The van der Waals surface area contributed by atoms with Crippen LogP contribution in [0.5, 0.6) is 5.75 Å². The number of benzene rings is 2. The maximum Gasteiger partial charge on any atom is 0.343 e. The van der Waals surface area contributed by atoms with Crippen molar-refractivity contribution < 1.29 is 18.3 Å². The van der Waals surface area contributed by atoms with E-state index in [9.17, 15) is 13.6 Å². The van der Waals surface area contributed by atoms with Gasteiger partial charge in [-0.3, -0.25) is 0 Å². The van der Waals surface area contributed by atoms with Gasteiger partial charge in [0.25, 0.3) is 0 Å². The lowest BCUT2D eigenvalue weighted by Crippen LogP contribution is -2.30. The molecule has 0 amide bonds. The summed E-state index contributed by atoms with van der Waals surface area (Å²) < 4.78 is 33.6. The maximum absolute atomic E-state index is 14.9. The van der Waals surface area contributed by atoms with Crippen molar-refractivity contribution in [1.29, 1.82) is 0 Å². The topological polar surface area (TPSA) is 26.3 Å². The molecule has 158 valence electrons. The normalized spacial score (nSPS) is 26.0. The molecule has 2 aliphatic rings. The number of esters is 1. The molecule has 4 unspecified atom stereocenters. The van der Waals surface area contributed by atoms with Crippen LogP contribution < -0.4 is 4.74 Å². The Kier molecular flexibility index (Phi) is 6.24. The van der Waals surface area contributed by atoms with Gasteiger partial charge < -0.3 is 4.74 Å². The molecule has 2 aliphatic carbocycles. The predicted molar refractivity (Wildman–Crippen MR) is 114 cm³/mol. The summed E-state index contributed by atoms with van der Waals surface area (Å²) in [6, 6.07) is 8.26. The first kappa shape index (κ1) is 21.0. The summed E-state index contributed by atoms with van der Waals surface area (Å²) in [5.41, 5.74) is 0.778. The van der Waals surface area contributed by atoms with Gasteiger partial charge in [0, 0.05) is 6.07 Å². The van der Waals surface area contributed by atoms with Gasteiger partial charge in [0.05, 0.1) is 10.6 Å². The minimum Gasteiger partial charge on any atom is -0.423 e. The van der Waals surface area contributed by atoms with Crippen molar-refractivity contribution in [1.82, 2.24) is 0 Å². The minimum atomic E-state index is -0.728. The van der Waals surface area contributed by atoms with Gasteiger partial charge in [-0.15, -0.1) is 6.58 Å². The number of carbonyl (C=O) groups excluding carboxylic acids is 1. The van der Waals surface area contributed by atoms with Crippen molar-refractivity contribution >= 4 is 17.6 Å². The molecule has 0 N–H and O–H groups in total. The van der Waals surface area contributed by atoms with E-state index in [4.69, 9.17) is 16.3 Å². The number of halogens is 3. The van der Waals surface area contributed by atoms with E-state index in [0.29, 0.717) is 17.4 Å². The van der Waals surface area contributed by atoms with Crippen LogP contribution in [0, 0.1) is 29.4 Å². The summed E-state index contributed by atoms with van der Waals surface area (Å²) in [5.74, 6) is 0.407. The van der Waals surface area contributed by atoms with Crippen LogP contribution in [-0.4, -0.2) is 5.97 Å². The summed E-state index contributed by atoms with van der Waals surface area (Å²) in [6.45, 7) is 3.94. The van der Waals surface area contributed by atoms with Crippen molar-refractivity contribution in [3.05, 3.63) is 76.8 Å². The lowest BCUT2D eigenvalue weighted by atomic mass is 9.64. The number of fused-ring (bicyclic) bond motifs is 1. The summed E-state index contributed by atoms with van der Waals surface area (Å²) >= 11 is 5.63. The summed E-state index contributed by atoms with van der Waals surface area (Å²) in [4.78, 5) is 12.3. The average Bonchev–Trinajstić information content (AvgIpc) is 2.75. The molecule has 0 aromatic heterocycles. The fourth-order valence-corrected chi connectivity index (χ4v) is 5.23. The summed E-state index contributed by atoms with van der Waals surface area (Å²) in [6.07, 6.45) is 8.73. The molecule has 0 spiro atoms. The van der Waals surface area contributed by atoms with Crippen molar-refractivity contribution in [2.24, 2.45) is 17.8 Å². The van der Waals surface area contributed by atoms with Crippen LogP contribution in [0.4, 0.5) is 8.78 Å². The molecule has 5 heteroatoms. The second-order valence-electron chi connectivity index (χ2n) is 8.54. The number of hydrogen-bond donors (Lipinski definition) is 0. The van der Waals surface area contributed by atoms with E-state index >= 15 is 0 Å². The summed E-state index contributed by atoms with van der Waals surface area (Å²) in [5, 5.41) is -0.0575. The van der Waals surface area contributed by atoms with Gasteiger partial charge in [-0.2, -0.15) is 0 Å². The van der Waals surface area contributed by atoms with E-state index in [1.807, 2.05) is 0 Å². The average molecular weight is 431 g/mol. The SMILES string of the molecule is C=CC1CCC2CC(c3ccc(C(=O)Oc4ccc(Cl)c(F)c4)cc3F)CCC2C1. The Morgan fingerprint density at radius 2 is 1.77 bits per heavy atom. The van der Waals surface area contributed by atoms with Crippen LogP contribution in [0.25, 0.3) is 0 Å². The van der Waals surface area contributed by atoms with E-state index in [0.717, 1.165) is 31.2 Å². The number of rotatable bonds is 4. The van der Waals surface area contributed by atoms with E-state index in [2.05, 4.69) is 12.7 Å². The van der Waals surface area contributed by atoms with Gasteiger partial charge in [0.15, 0.2) is 0 Å². The van der Waals surface area contributed by atoms with Crippen LogP contribution in [0.2, 0.25) is 5.02 Å². The second kappa shape index (κ2) is 8.89. The van der Waals surface area contributed by atoms with E-state index in [1.165, 1.54) is 37.5 Å². The Hall–Kier alpha value is -2.20. The highest BCUT2D eigenvalue weighted by Crippen LogP contribution is 2.48. The molecule has 2 fully saturated rings. The largest absolute Gasteiger partial charge is 0.423 e. The van der Waals surface area contributed by atoms with Crippen molar-refractivity contribution in [3.63, 3.8) is 0 Å². The zero-order valence-corrected chi connectivity index (χ0v) is 17.5. The molecule has 0 radical (unpaired) electrons. The highest BCUT2D eigenvalue weighted by atomic mass is 35.5. The molecule has 0 aliphatic heterocycles. The maximum atomic E-state index is 14.9.